The molecule has 7 nitrogen and oxygen atoms in total. The van der Waals surface area contributed by atoms with E-state index in [9.17, 15) is 22.4 Å². The molecule has 0 fully saturated rings. The lowest BCUT2D eigenvalue weighted by atomic mass is 10.0. The molecule has 4 rings (SSSR count). The lowest BCUT2D eigenvalue weighted by Crippen LogP contribution is -2.53. The van der Waals surface area contributed by atoms with Gasteiger partial charge >= 0.3 is 0 Å². The first kappa shape index (κ1) is 34.9. The van der Waals surface area contributed by atoms with Crippen LogP contribution in [0.15, 0.2) is 102 Å². The second-order valence-electron chi connectivity index (χ2n) is 10.9. The van der Waals surface area contributed by atoms with Crippen molar-refractivity contribution in [3.05, 3.63) is 130 Å². The number of anilines is 1. The molecule has 0 unspecified atom stereocenters. The number of rotatable bonds is 14. The zero-order valence-electron chi connectivity index (χ0n) is 25.6. The summed E-state index contributed by atoms with van der Waals surface area (Å²) in [5, 5.41) is 3.65. The summed E-state index contributed by atoms with van der Waals surface area (Å²) in [6.45, 7) is 3.55. The monoisotopic (exact) mass is 683 g/mol. The van der Waals surface area contributed by atoms with E-state index >= 15 is 0 Å². The molecule has 4 aromatic carbocycles. The summed E-state index contributed by atoms with van der Waals surface area (Å²) in [5.41, 5.74) is 2.47. The van der Waals surface area contributed by atoms with E-state index < -0.39 is 34.3 Å². The predicted octanol–water partition coefficient (Wildman–Crippen LogP) is 7.19. The smallest absolute Gasteiger partial charge is 0.264 e. The Labute approximate surface area is 280 Å². The summed E-state index contributed by atoms with van der Waals surface area (Å²) in [7, 11) is -4.35. The van der Waals surface area contributed by atoms with E-state index in [2.05, 4.69) is 5.32 Å². The third kappa shape index (κ3) is 9.09. The van der Waals surface area contributed by atoms with E-state index in [4.69, 9.17) is 23.2 Å². The van der Waals surface area contributed by atoms with Crippen LogP contribution in [0.3, 0.4) is 0 Å². The normalized spacial score (nSPS) is 11.9. The minimum absolute atomic E-state index is 0.0914. The molecule has 0 aliphatic carbocycles. The summed E-state index contributed by atoms with van der Waals surface area (Å²) in [4.78, 5) is 29.5. The Bertz CT molecular complexity index is 1740. The van der Waals surface area contributed by atoms with E-state index in [1.54, 1.807) is 42.5 Å². The van der Waals surface area contributed by atoms with Crippen LogP contribution < -0.4 is 9.62 Å². The van der Waals surface area contributed by atoms with Crippen LogP contribution in [0.2, 0.25) is 10.0 Å². The van der Waals surface area contributed by atoms with E-state index in [-0.39, 0.29) is 29.5 Å². The highest BCUT2D eigenvalue weighted by Crippen LogP contribution is 2.27. The lowest BCUT2D eigenvalue weighted by molar-refractivity contribution is -0.140. The van der Waals surface area contributed by atoms with Crippen LogP contribution in [-0.2, 0) is 32.6 Å². The molecule has 242 valence electrons. The van der Waals surface area contributed by atoms with Gasteiger partial charge in [-0.15, -0.1) is 0 Å². The van der Waals surface area contributed by atoms with Crippen molar-refractivity contribution < 1.29 is 22.4 Å². The van der Waals surface area contributed by atoms with Crippen LogP contribution in [0.5, 0.6) is 0 Å². The van der Waals surface area contributed by atoms with Gasteiger partial charge in [0.05, 0.1) is 10.6 Å². The average molecular weight is 685 g/mol. The van der Waals surface area contributed by atoms with Gasteiger partial charge < -0.3 is 10.2 Å². The highest BCUT2D eigenvalue weighted by molar-refractivity contribution is 7.92. The fourth-order valence-electron chi connectivity index (χ4n) is 4.87. The number of nitrogens with one attached hydrogen (secondary N) is 1. The summed E-state index contributed by atoms with van der Waals surface area (Å²) >= 11 is 12.7. The number of hydrogen-bond acceptors (Lipinski definition) is 4. The largest absolute Gasteiger partial charge is 0.354 e. The second-order valence-corrected chi connectivity index (χ2v) is 13.6. The van der Waals surface area contributed by atoms with Crippen molar-refractivity contribution in [1.29, 1.82) is 0 Å². The first-order valence-electron chi connectivity index (χ1n) is 14.9. The number of carbonyl (C=O) groups excluding carboxylic acids is 2. The molecule has 0 heterocycles. The molecule has 0 bridgehead atoms. The molecule has 0 radical (unpaired) electrons. The van der Waals surface area contributed by atoms with Gasteiger partial charge in [0.1, 0.15) is 18.4 Å². The maximum Gasteiger partial charge on any atom is 0.264 e. The second kappa shape index (κ2) is 16.1. The maximum absolute atomic E-state index is 14.5. The number of carbonyl (C=O) groups is 2. The Balaban J connectivity index is 1.80. The quantitative estimate of drug-likeness (QED) is 0.143. The Morgan fingerprint density at radius 1 is 0.913 bits per heavy atom. The molecule has 1 atom stereocenters. The van der Waals surface area contributed by atoms with Crippen molar-refractivity contribution in [3.8, 4) is 0 Å². The fraction of sp³-hybridized carbons (Fsp3) is 0.257. The van der Waals surface area contributed by atoms with Crippen LogP contribution in [-0.4, -0.2) is 44.3 Å². The van der Waals surface area contributed by atoms with E-state index in [0.29, 0.717) is 22.2 Å². The number of hydrogen-bond donors (Lipinski definition) is 1. The number of halogens is 3. The van der Waals surface area contributed by atoms with Gasteiger partial charge in [0.25, 0.3) is 10.0 Å². The van der Waals surface area contributed by atoms with Crippen LogP contribution in [0, 0.1) is 12.7 Å². The molecule has 0 aliphatic heterocycles. The van der Waals surface area contributed by atoms with Gasteiger partial charge in [-0.05, 0) is 73.0 Å². The Morgan fingerprint density at radius 2 is 1.59 bits per heavy atom. The third-order valence-corrected chi connectivity index (χ3v) is 9.83. The van der Waals surface area contributed by atoms with E-state index in [0.717, 1.165) is 52.5 Å². The zero-order chi connectivity index (χ0) is 33.3. The summed E-state index contributed by atoms with van der Waals surface area (Å²) in [6, 6.07) is 24.2. The molecule has 0 saturated carbocycles. The van der Waals surface area contributed by atoms with Gasteiger partial charge in [0.15, 0.2) is 0 Å². The topological polar surface area (TPSA) is 86.8 Å². The first-order chi connectivity index (χ1) is 22.0. The summed E-state index contributed by atoms with van der Waals surface area (Å²) in [6.07, 6.45) is 1.78. The Hall–Kier alpha value is -3.92. The third-order valence-electron chi connectivity index (χ3n) is 7.46. The van der Waals surface area contributed by atoms with Crippen molar-refractivity contribution >= 4 is 50.7 Å². The number of unbranched alkanes of at least 4 members (excludes halogenated alkanes) is 1. The first-order valence-corrected chi connectivity index (χ1v) is 17.1. The van der Waals surface area contributed by atoms with Crippen LogP contribution in [0.25, 0.3) is 0 Å². The lowest BCUT2D eigenvalue weighted by Gasteiger charge is -2.34. The van der Waals surface area contributed by atoms with Crippen LogP contribution in [0.4, 0.5) is 10.1 Å². The van der Waals surface area contributed by atoms with Crippen LogP contribution >= 0.6 is 23.2 Å². The van der Waals surface area contributed by atoms with Gasteiger partial charge in [-0.3, -0.25) is 13.9 Å². The standard InChI is InChI=1S/C35H36Cl2FN3O4S/c1-3-4-20-39-35(43)33(21-26-8-6-5-7-9-26)40(23-27-12-13-28(36)22-32(27)37)34(42)24-41(30-16-10-25(2)11-17-30)46(44,45)31-18-14-29(38)15-19-31/h5-19,22,33H,3-4,20-21,23-24H2,1-2H3,(H,39,43)/t33-/m0/s1. The molecule has 0 spiro atoms. The molecule has 0 saturated heterocycles. The van der Waals surface area contributed by atoms with Gasteiger partial charge in [0.2, 0.25) is 11.8 Å². The number of benzene rings is 4. The van der Waals surface area contributed by atoms with Crippen molar-refractivity contribution in [2.75, 3.05) is 17.4 Å². The van der Waals surface area contributed by atoms with E-state index in [1.165, 1.54) is 4.90 Å². The molecular weight excluding hydrogens is 648 g/mol. The summed E-state index contributed by atoms with van der Waals surface area (Å²) in [5.74, 6) is -1.61. The maximum atomic E-state index is 14.5. The zero-order valence-corrected chi connectivity index (χ0v) is 28.0. The van der Waals surface area contributed by atoms with E-state index in [1.807, 2.05) is 44.2 Å². The highest BCUT2D eigenvalue weighted by atomic mass is 35.5. The van der Waals surface area contributed by atoms with Gasteiger partial charge in [0, 0.05) is 29.6 Å². The number of sulfonamides is 1. The Morgan fingerprint density at radius 3 is 2.22 bits per heavy atom. The molecule has 0 aromatic heterocycles. The van der Waals surface area contributed by atoms with Crippen LogP contribution in [0.1, 0.15) is 36.5 Å². The van der Waals surface area contributed by atoms with Crippen molar-refractivity contribution in [2.24, 2.45) is 0 Å². The van der Waals surface area contributed by atoms with Gasteiger partial charge in [-0.2, -0.15) is 0 Å². The number of amides is 2. The van der Waals surface area contributed by atoms with Gasteiger partial charge in [-0.25, -0.2) is 12.8 Å². The predicted molar refractivity (Wildman–Crippen MR) is 181 cm³/mol. The summed E-state index contributed by atoms with van der Waals surface area (Å²) < 4.78 is 42.8. The SMILES string of the molecule is CCCCNC(=O)[C@H](Cc1ccccc1)N(Cc1ccc(Cl)cc1Cl)C(=O)CN(c1ccc(C)cc1)S(=O)(=O)c1ccc(F)cc1. The minimum atomic E-state index is -4.35. The molecule has 0 aliphatic rings. The molecular formula is C35H36Cl2FN3O4S. The fourth-order valence-corrected chi connectivity index (χ4v) is 6.75. The van der Waals surface area contributed by atoms with Crippen molar-refractivity contribution in [1.82, 2.24) is 10.2 Å². The number of aryl methyl sites for hydroxylation is 1. The average Bonchev–Trinajstić information content (AvgIpc) is 3.03. The highest BCUT2D eigenvalue weighted by Gasteiger charge is 2.35. The molecule has 46 heavy (non-hydrogen) atoms. The number of nitrogens with zero attached hydrogens (tertiary/aromatic N) is 2. The minimum Gasteiger partial charge on any atom is -0.354 e. The molecule has 4 aromatic rings. The van der Waals surface area contributed by atoms with Crippen molar-refractivity contribution in [3.63, 3.8) is 0 Å². The van der Waals surface area contributed by atoms with Crippen molar-refractivity contribution in [2.45, 2.75) is 50.6 Å². The Kier molecular flexibility index (Phi) is 12.2. The molecule has 2 amide bonds. The molecule has 1 N–H and O–H groups in total. The van der Waals surface area contributed by atoms with Gasteiger partial charge in [-0.1, -0.05) is 90.6 Å². The molecule has 11 heteroatoms.